The molecule has 0 radical (unpaired) electrons. The van der Waals surface area contributed by atoms with Gasteiger partial charge in [-0.1, -0.05) is 48.0 Å². The summed E-state index contributed by atoms with van der Waals surface area (Å²) in [6.45, 7) is 1.95. The quantitative estimate of drug-likeness (QED) is 0.389. The van der Waals surface area contributed by atoms with E-state index in [1.165, 1.54) is 10.7 Å². The fraction of sp³-hybridized carbons (Fsp3) is 0.143. The molecule has 0 saturated heterocycles. The molecule has 0 aliphatic rings. The van der Waals surface area contributed by atoms with Crippen LogP contribution in [0.1, 0.15) is 33.5 Å². The molecule has 1 unspecified atom stereocenters. The van der Waals surface area contributed by atoms with Crippen molar-refractivity contribution in [2.24, 2.45) is 0 Å². The van der Waals surface area contributed by atoms with Gasteiger partial charge in [0.05, 0.1) is 11.7 Å². The third-order valence-electron chi connectivity index (χ3n) is 4.69. The van der Waals surface area contributed by atoms with Gasteiger partial charge in [-0.3, -0.25) is 19.7 Å². The maximum atomic E-state index is 12.9. The fourth-order valence-electron chi connectivity index (χ4n) is 3.15. The van der Waals surface area contributed by atoms with Crippen molar-refractivity contribution in [3.63, 3.8) is 0 Å². The Bertz CT molecular complexity index is 1260. The average Bonchev–Trinajstić information content (AvgIpc) is 3.35. The average molecular weight is 404 g/mol. The Kier molecular flexibility index (Phi) is 5.17. The van der Waals surface area contributed by atoms with Crippen LogP contribution in [0.3, 0.4) is 0 Å². The summed E-state index contributed by atoms with van der Waals surface area (Å²) in [5.74, 6) is -0.180. The van der Waals surface area contributed by atoms with Gasteiger partial charge in [0.2, 0.25) is 0 Å². The molecule has 0 aliphatic carbocycles. The van der Waals surface area contributed by atoms with Crippen molar-refractivity contribution >= 4 is 5.91 Å². The van der Waals surface area contributed by atoms with E-state index in [0.29, 0.717) is 17.9 Å². The molecular weight excluding hydrogens is 384 g/mol. The SMILES string of the molecule is Cc1ccc(-n2[nH]c(C(=O)NC(Cc3ccccc3)c3n[nH]c(=O)[nH]3)cc2=O)cc1. The standard InChI is InChI=1S/C21H20N6O3/c1-13-7-9-15(10-8-13)27-18(28)12-17(26-27)20(29)22-16(19-23-21(30)25-24-19)11-14-5-3-2-4-6-14/h2-10,12,16,26H,11H2,1H3,(H,22,29)(H2,23,24,25,30). The van der Waals surface area contributed by atoms with Crippen LogP contribution in [0.25, 0.3) is 5.69 Å². The summed E-state index contributed by atoms with van der Waals surface area (Å²) in [4.78, 5) is 39.3. The Morgan fingerprint density at radius 3 is 2.50 bits per heavy atom. The van der Waals surface area contributed by atoms with Crippen molar-refractivity contribution in [2.45, 2.75) is 19.4 Å². The van der Waals surface area contributed by atoms with Crippen molar-refractivity contribution in [3.05, 3.63) is 104 Å². The largest absolute Gasteiger partial charge is 0.340 e. The number of aromatic amines is 3. The van der Waals surface area contributed by atoms with Gasteiger partial charge in [0.1, 0.15) is 5.69 Å². The van der Waals surface area contributed by atoms with Gasteiger partial charge in [0, 0.05) is 6.07 Å². The van der Waals surface area contributed by atoms with E-state index in [1.54, 1.807) is 12.1 Å². The third kappa shape index (κ3) is 4.14. The summed E-state index contributed by atoms with van der Waals surface area (Å²) in [7, 11) is 0. The van der Waals surface area contributed by atoms with E-state index in [9.17, 15) is 14.4 Å². The summed E-state index contributed by atoms with van der Waals surface area (Å²) in [5.41, 5.74) is 1.94. The first-order valence-corrected chi connectivity index (χ1v) is 9.38. The minimum Gasteiger partial charge on any atom is -0.340 e. The van der Waals surface area contributed by atoms with Crippen LogP contribution in [0.5, 0.6) is 0 Å². The van der Waals surface area contributed by atoms with E-state index in [-0.39, 0.29) is 11.3 Å². The van der Waals surface area contributed by atoms with Crippen LogP contribution in [-0.2, 0) is 6.42 Å². The van der Waals surface area contributed by atoms with Crippen LogP contribution in [0, 0.1) is 6.92 Å². The molecule has 9 heteroatoms. The Morgan fingerprint density at radius 2 is 1.83 bits per heavy atom. The molecule has 30 heavy (non-hydrogen) atoms. The van der Waals surface area contributed by atoms with Gasteiger partial charge in [0.15, 0.2) is 5.82 Å². The molecule has 9 nitrogen and oxygen atoms in total. The maximum absolute atomic E-state index is 12.9. The number of rotatable bonds is 6. The fourth-order valence-corrected chi connectivity index (χ4v) is 3.15. The lowest BCUT2D eigenvalue weighted by molar-refractivity contribution is 0.0929. The molecular formula is C21H20N6O3. The van der Waals surface area contributed by atoms with Gasteiger partial charge in [-0.2, -0.15) is 5.10 Å². The second kappa shape index (κ2) is 8.08. The van der Waals surface area contributed by atoms with E-state index >= 15 is 0 Å². The third-order valence-corrected chi connectivity index (χ3v) is 4.69. The van der Waals surface area contributed by atoms with Gasteiger partial charge in [0.25, 0.3) is 11.5 Å². The molecule has 152 valence electrons. The second-order valence-corrected chi connectivity index (χ2v) is 6.96. The monoisotopic (exact) mass is 404 g/mol. The highest BCUT2D eigenvalue weighted by Gasteiger charge is 2.21. The van der Waals surface area contributed by atoms with E-state index < -0.39 is 17.6 Å². The van der Waals surface area contributed by atoms with Crippen LogP contribution in [-0.4, -0.2) is 30.9 Å². The molecule has 0 fully saturated rings. The number of nitrogens with zero attached hydrogens (tertiary/aromatic N) is 2. The predicted molar refractivity (Wildman–Crippen MR) is 111 cm³/mol. The second-order valence-electron chi connectivity index (χ2n) is 6.96. The van der Waals surface area contributed by atoms with Crippen LogP contribution >= 0.6 is 0 Å². The van der Waals surface area contributed by atoms with Crippen LogP contribution in [0.2, 0.25) is 0 Å². The normalized spacial score (nSPS) is 11.9. The van der Waals surface area contributed by atoms with Crippen molar-refractivity contribution in [3.8, 4) is 5.69 Å². The molecule has 4 aromatic rings. The molecule has 1 atom stereocenters. The number of hydrogen-bond acceptors (Lipinski definition) is 4. The van der Waals surface area contributed by atoms with E-state index in [2.05, 4.69) is 25.6 Å². The Labute approximate surface area is 170 Å². The number of benzene rings is 2. The summed E-state index contributed by atoms with van der Waals surface area (Å²) >= 11 is 0. The molecule has 4 rings (SSSR count). The highest BCUT2D eigenvalue weighted by Crippen LogP contribution is 2.15. The first-order valence-electron chi connectivity index (χ1n) is 9.38. The number of nitrogens with one attached hydrogen (secondary N) is 4. The van der Waals surface area contributed by atoms with E-state index in [1.807, 2.05) is 49.4 Å². The molecule has 0 spiro atoms. The van der Waals surface area contributed by atoms with Crippen molar-refractivity contribution in [1.82, 2.24) is 30.3 Å². The number of H-pyrrole nitrogens is 3. The number of hydrogen-bond donors (Lipinski definition) is 4. The van der Waals surface area contributed by atoms with Gasteiger partial charge >= 0.3 is 5.69 Å². The maximum Gasteiger partial charge on any atom is 0.340 e. The topological polar surface area (TPSA) is 128 Å². The molecule has 0 saturated carbocycles. The smallest absolute Gasteiger partial charge is 0.340 e. The first-order chi connectivity index (χ1) is 14.5. The van der Waals surface area contributed by atoms with Crippen molar-refractivity contribution < 1.29 is 4.79 Å². The zero-order chi connectivity index (χ0) is 21.1. The highest BCUT2D eigenvalue weighted by atomic mass is 16.2. The minimum atomic E-state index is -0.593. The zero-order valence-corrected chi connectivity index (χ0v) is 16.2. The number of carbonyl (C=O) groups excluding carboxylic acids is 1. The number of amides is 1. The number of aromatic nitrogens is 5. The Balaban J connectivity index is 1.59. The van der Waals surface area contributed by atoms with Crippen molar-refractivity contribution in [2.75, 3.05) is 0 Å². The first kappa shape index (κ1) is 19.2. The Morgan fingerprint density at radius 1 is 1.10 bits per heavy atom. The number of carbonyl (C=O) groups is 1. The summed E-state index contributed by atoms with van der Waals surface area (Å²) < 4.78 is 1.30. The van der Waals surface area contributed by atoms with Crippen LogP contribution in [0.15, 0.2) is 70.3 Å². The van der Waals surface area contributed by atoms with Crippen molar-refractivity contribution in [1.29, 1.82) is 0 Å². The van der Waals surface area contributed by atoms with E-state index in [4.69, 9.17) is 0 Å². The van der Waals surface area contributed by atoms with Crippen LogP contribution < -0.4 is 16.6 Å². The summed E-state index contributed by atoms with van der Waals surface area (Å²) in [6.07, 6.45) is 0.413. The molecule has 0 aliphatic heterocycles. The molecule has 2 aromatic carbocycles. The van der Waals surface area contributed by atoms with Gasteiger partial charge < -0.3 is 5.32 Å². The number of aryl methyl sites for hydroxylation is 1. The Hall–Kier alpha value is -4.14. The minimum absolute atomic E-state index is 0.108. The lowest BCUT2D eigenvalue weighted by Gasteiger charge is -2.16. The molecule has 2 aromatic heterocycles. The molecule has 1 amide bonds. The summed E-state index contributed by atoms with van der Waals surface area (Å²) in [5, 5.41) is 11.9. The lowest BCUT2D eigenvalue weighted by Crippen LogP contribution is -2.31. The molecule has 4 N–H and O–H groups in total. The van der Waals surface area contributed by atoms with Crippen LogP contribution in [0.4, 0.5) is 0 Å². The molecule has 2 heterocycles. The highest BCUT2D eigenvalue weighted by molar-refractivity contribution is 5.92. The van der Waals surface area contributed by atoms with Gasteiger partial charge in [-0.15, -0.1) is 0 Å². The van der Waals surface area contributed by atoms with Gasteiger partial charge in [-0.25, -0.2) is 14.6 Å². The lowest BCUT2D eigenvalue weighted by atomic mass is 10.1. The van der Waals surface area contributed by atoms with Gasteiger partial charge in [-0.05, 0) is 31.0 Å². The predicted octanol–water partition coefficient (Wildman–Crippen LogP) is 1.60. The molecule has 0 bridgehead atoms. The van der Waals surface area contributed by atoms with E-state index in [0.717, 1.165) is 11.1 Å². The summed E-state index contributed by atoms with van der Waals surface area (Å²) in [6, 6.07) is 17.5. The zero-order valence-electron chi connectivity index (χ0n) is 16.2.